The van der Waals surface area contributed by atoms with Crippen LogP contribution >= 0.6 is 0 Å². The maximum absolute atomic E-state index is 13.0. The fraction of sp³-hybridized carbons (Fsp3) is 0.235. The quantitative estimate of drug-likeness (QED) is 0.183. The number of likely N-dealkylation sites (N-methyl/N-ethyl adjacent to an activating group) is 1. The van der Waals surface area contributed by atoms with Crippen LogP contribution in [0.3, 0.4) is 0 Å². The highest BCUT2D eigenvalue weighted by atomic mass is 16.2. The SMILES string of the molecule is CN(C)CCN(Cc1ccc(-c2ccc(CNCCc3ccccc3)cc2)nc1)C(=O)/C=C/c1ccccc1. The van der Waals surface area contributed by atoms with Gasteiger partial charge in [-0.05, 0) is 61.5 Å². The minimum absolute atomic E-state index is 0.00209. The Kier molecular flexibility index (Phi) is 10.6. The van der Waals surface area contributed by atoms with Crippen LogP contribution in [0.25, 0.3) is 17.3 Å². The van der Waals surface area contributed by atoms with Crippen molar-refractivity contribution < 1.29 is 4.79 Å². The maximum Gasteiger partial charge on any atom is 0.246 e. The van der Waals surface area contributed by atoms with E-state index in [0.717, 1.165) is 48.4 Å². The Hall–Kier alpha value is -4.06. The van der Waals surface area contributed by atoms with Crippen molar-refractivity contribution >= 4 is 12.0 Å². The number of hydrogen-bond acceptors (Lipinski definition) is 4. The molecule has 0 saturated heterocycles. The molecule has 4 aromatic rings. The molecule has 3 aromatic carbocycles. The zero-order valence-corrected chi connectivity index (χ0v) is 23.0. The zero-order valence-electron chi connectivity index (χ0n) is 23.0. The normalized spacial score (nSPS) is 11.3. The number of amides is 1. The first-order valence-corrected chi connectivity index (χ1v) is 13.5. The van der Waals surface area contributed by atoms with Gasteiger partial charge in [-0.25, -0.2) is 0 Å². The molecule has 200 valence electrons. The third-order valence-corrected chi connectivity index (χ3v) is 6.56. The summed E-state index contributed by atoms with van der Waals surface area (Å²) in [5, 5.41) is 3.52. The highest BCUT2D eigenvalue weighted by molar-refractivity contribution is 5.91. The minimum atomic E-state index is -0.00209. The summed E-state index contributed by atoms with van der Waals surface area (Å²) in [7, 11) is 4.04. The number of nitrogens with zero attached hydrogens (tertiary/aromatic N) is 3. The Morgan fingerprint density at radius 3 is 2.15 bits per heavy atom. The van der Waals surface area contributed by atoms with Crippen molar-refractivity contribution in [2.75, 3.05) is 33.7 Å². The molecule has 5 heteroatoms. The predicted octanol–water partition coefficient (Wildman–Crippen LogP) is 5.68. The fourth-order valence-corrected chi connectivity index (χ4v) is 4.24. The Morgan fingerprint density at radius 1 is 0.795 bits per heavy atom. The Balaban J connectivity index is 1.32. The molecule has 1 amide bonds. The second kappa shape index (κ2) is 14.8. The van der Waals surface area contributed by atoms with E-state index in [4.69, 9.17) is 4.98 Å². The van der Waals surface area contributed by atoms with Gasteiger partial charge in [0.1, 0.15) is 0 Å². The minimum Gasteiger partial charge on any atom is -0.333 e. The van der Waals surface area contributed by atoms with Gasteiger partial charge < -0.3 is 15.1 Å². The number of carbonyl (C=O) groups excluding carboxylic acids is 1. The predicted molar refractivity (Wildman–Crippen MR) is 161 cm³/mol. The fourth-order valence-electron chi connectivity index (χ4n) is 4.24. The monoisotopic (exact) mass is 518 g/mol. The third-order valence-electron chi connectivity index (χ3n) is 6.56. The van der Waals surface area contributed by atoms with E-state index in [1.54, 1.807) is 6.08 Å². The number of hydrogen-bond donors (Lipinski definition) is 1. The van der Waals surface area contributed by atoms with E-state index < -0.39 is 0 Å². The van der Waals surface area contributed by atoms with Crippen LogP contribution in [0.15, 0.2) is 109 Å². The average Bonchev–Trinajstić information content (AvgIpc) is 2.98. The lowest BCUT2D eigenvalue weighted by atomic mass is 10.1. The summed E-state index contributed by atoms with van der Waals surface area (Å²) in [6.45, 7) is 3.75. The third kappa shape index (κ3) is 9.32. The Labute approximate surface area is 232 Å². The molecule has 0 aliphatic heterocycles. The summed E-state index contributed by atoms with van der Waals surface area (Å²) in [5.41, 5.74) is 6.64. The lowest BCUT2D eigenvalue weighted by Crippen LogP contribution is -2.35. The van der Waals surface area contributed by atoms with E-state index >= 15 is 0 Å². The standard InChI is InChI=1S/C34H38N4O/c1-37(2)23-24-38(34(39)20-16-28-9-5-3-6-10-28)27-31-15-19-33(36-26-31)32-17-13-30(14-18-32)25-35-22-21-29-11-7-4-8-12-29/h3-20,26,35H,21-25,27H2,1-2H3/b20-16+. The van der Waals surface area contributed by atoms with Gasteiger partial charge in [-0.2, -0.15) is 0 Å². The van der Waals surface area contributed by atoms with Gasteiger partial charge in [-0.15, -0.1) is 0 Å². The van der Waals surface area contributed by atoms with Gasteiger partial charge in [0.25, 0.3) is 0 Å². The molecule has 0 aliphatic rings. The summed E-state index contributed by atoms with van der Waals surface area (Å²) in [6.07, 6.45) is 6.43. The number of nitrogens with one attached hydrogen (secondary N) is 1. The molecule has 1 N–H and O–H groups in total. The second-order valence-electron chi connectivity index (χ2n) is 9.97. The maximum atomic E-state index is 13.0. The lowest BCUT2D eigenvalue weighted by Gasteiger charge is -2.23. The van der Waals surface area contributed by atoms with E-state index in [0.29, 0.717) is 13.1 Å². The van der Waals surface area contributed by atoms with Gasteiger partial charge in [-0.1, -0.05) is 91.0 Å². The van der Waals surface area contributed by atoms with Crippen molar-refractivity contribution in [1.82, 2.24) is 20.1 Å². The van der Waals surface area contributed by atoms with Crippen LogP contribution in [0.5, 0.6) is 0 Å². The highest BCUT2D eigenvalue weighted by Gasteiger charge is 2.12. The van der Waals surface area contributed by atoms with Crippen molar-refractivity contribution in [3.63, 3.8) is 0 Å². The Morgan fingerprint density at radius 2 is 1.49 bits per heavy atom. The van der Waals surface area contributed by atoms with Crippen LogP contribution in [-0.2, 0) is 24.3 Å². The van der Waals surface area contributed by atoms with E-state index in [2.05, 4.69) is 70.9 Å². The molecule has 0 fully saturated rings. The van der Waals surface area contributed by atoms with E-state index in [-0.39, 0.29) is 5.91 Å². The number of aromatic nitrogens is 1. The van der Waals surface area contributed by atoms with Crippen molar-refractivity contribution in [3.8, 4) is 11.3 Å². The molecule has 0 unspecified atom stereocenters. The smallest absolute Gasteiger partial charge is 0.246 e. The van der Waals surface area contributed by atoms with Crippen LogP contribution in [0.4, 0.5) is 0 Å². The molecule has 0 atom stereocenters. The molecule has 0 spiro atoms. The van der Waals surface area contributed by atoms with Gasteiger partial charge >= 0.3 is 0 Å². The van der Waals surface area contributed by atoms with Crippen LogP contribution in [0, 0.1) is 0 Å². The molecule has 0 bridgehead atoms. The number of pyridine rings is 1. The van der Waals surface area contributed by atoms with Gasteiger partial charge in [0, 0.05) is 44.0 Å². The first kappa shape index (κ1) is 28.0. The number of carbonyl (C=O) groups is 1. The summed E-state index contributed by atoms with van der Waals surface area (Å²) < 4.78 is 0. The molecule has 5 nitrogen and oxygen atoms in total. The van der Waals surface area contributed by atoms with Crippen LogP contribution < -0.4 is 5.32 Å². The van der Waals surface area contributed by atoms with Gasteiger partial charge in [0.05, 0.1) is 5.69 Å². The van der Waals surface area contributed by atoms with Crippen molar-refractivity contribution in [2.45, 2.75) is 19.5 Å². The van der Waals surface area contributed by atoms with Crippen molar-refractivity contribution in [2.24, 2.45) is 0 Å². The zero-order chi connectivity index (χ0) is 27.3. The first-order valence-electron chi connectivity index (χ1n) is 13.5. The topological polar surface area (TPSA) is 48.5 Å². The molecular formula is C34H38N4O. The summed E-state index contributed by atoms with van der Waals surface area (Å²) >= 11 is 0. The van der Waals surface area contributed by atoms with E-state index in [1.165, 1.54) is 11.1 Å². The molecular weight excluding hydrogens is 480 g/mol. The molecule has 4 rings (SSSR count). The van der Waals surface area contributed by atoms with Crippen LogP contribution in [-0.4, -0.2) is 54.4 Å². The largest absolute Gasteiger partial charge is 0.333 e. The summed E-state index contributed by atoms with van der Waals surface area (Å²) in [4.78, 5) is 21.7. The van der Waals surface area contributed by atoms with Gasteiger partial charge in [0.2, 0.25) is 5.91 Å². The molecule has 0 saturated carbocycles. The summed E-state index contributed by atoms with van der Waals surface area (Å²) in [6, 6.07) is 33.1. The molecule has 0 radical (unpaired) electrons. The molecule has 0 aliphatic carbocycles. The van der Waals surface area contributed by atoms with Crippen molar-refractivity contribution in [1.29, 1.82) is 0 Å². The van der Waals surface area contributed by atoms with E-state index in [1.807, 2.05) is 67.7 Å². The molecule has 1 heterocycles. The summed E-state index contributed by atoms with van der Waals surface area (Å²) in [5.74, 6) is -0.00209. The lowest BCUT2D eigenvalue weighted by molar-refractivity contribution is -0.126. The molecule has 39 heavy (non-hydrogen) atoms. The average molecular weight is 519 g/mol. The first-order chi connectivity index (χ1) is 19.1. The Bertz CT molecular complexity index is 1300. The van der Waals surface area contributed by atoms with E-state index in [9.17, 15) is 4.79 Å². The van der Waals surface area contributed by atoms with Gasteiger partial charge in [-0.3, -0.25) is 9.78 Å². The van der Waals surface area contributed by atoms with Crippen LogP contribution in [0.1, 0.15) is 22.3 Å². The number of rotatable bonds is 13. The highest BCUT2D eigenvalue weighted by Crippen LogP contribution is 2.19. The second-order valence-corrected chi connectivity index (χ2v) is 9.97. The molecule has 1 aromatic heterocycles. The van der Waals surface area contributed by atoms with Crippen LogP contribution in [0.2, 0.25) is 0 Å². The van der Waals surface area contributed by atoms with Gasteiger partial charge in [0.15, 0.2) is 0 Å². The van der Waals surface area contributed by atoms with Crippen molar-refractivity contribution in [3.05, 3.63) is 132 Å². The number of benzene rings is 3.